The molecule has 0 spiro atoms. The van der Waals surface area contributed by atoms with Gasteiger partial charge in [0.2, 0.25) is 0 Å². The molecule has 0 fully saturated rings. The average molecular weight is 598 g/mol. The van der Waals surface area contributed by atoms with Crippen LogP contribution in [0, 0.1) is 3.57 Å². The number of para-hydroxylation sites is 3. The van der Waals surface area contributed by atoms with Crippen LogP contribution in [0.1, 0.15) is 0 Å². The van der Waals surface area contributed by atoms with Crippen LogP contribution in [0.25, 0.3) is 27.5 Å². The number of benzene rings is 5. The van der Waals surface area contributed by atoms with E-state index in [2.05, 4.69) is 25.9 Å². The molecule has 0 saturated carbocycles. The summed E-state index contributed by atoms with van der Waals surface area (Å²) in [6.07, 6.45) is 0. The Labute approximate surface area is 217 Å². The van der Waals surface area contributed by atoms with E-state index in [0.29, 0.717) is 22.6 Å². The minimum atomic E-state index is -5.84. The molecule has 0 radical (unpaired) electrons. The molecule has 0 bridgehead atoms. The summed E-state index contributed by atoms with van der Waals surface area (Å²) < 4.78 is 45.3. The maximum atomic E-state index is 16.3. The van der Waals surface area contributed by atoms with Crippen LogP contribution in [0.4, 0.5) is 11.4 Å². The Bertz CT molecular complexity index is 1960. The Balaban J connectivity index is 1.58. The normalized spacial score (nSPS) is 13.7. The van der Waals surface area contributed by atoms with Gasteiger partial charge >= 0.3 is 218 Å². The van der Waals surface area contributed by atoms with Crippen LogP contribution in [-0.4, -0.2) is 11.3 Å². The van der Waals surface area contributed by atoms with E-state index in [9.17, 15) is 0 Å². The van der Waals surface area contributed by atoms with Crippen molar-refractivity contribution in [2.24, 2.45) is 3.15 Å². The second-order valence-corrected chi connectivity index (χ2v) is 13.3. The fraction of sp³-hybridized carbons (Fsp3) is 0. The van der Waals surface area contributed by atoms with Gasteiger partial charge in [0.1, 0.15) is 0 Å². The van der Waals surface area contributed by atoms with E-state index in [1.807, 2.05) is 60.7 Å². The van der Waals surface area contributed by atoms with Crippen LogP contribution < -0.4 is 21.1 Å². The number of aromatic nitrogens is 1. The van der Waals surface area contributed by atoms with Gasteiger partial charge in [-0.3, -0.25) is 0 Å². The summed E-state index contributed by atoms with van der Waals surface area (Å²) in [6.45, 7) is -0.101. The van der Waals surface area contributed by atoms with Gasteiger partial charge in [0.25, 0.3) is 0 Å². The fourth-order valence-corrected chi connectivity index (χ4v) is 9.04. The first-order valence-corrected chi connectivity index (χ1v) is 15.7. The number of fused-ring (bicyclic) bond motifs is 8. The van der Waals surface area contributed by atoms with Crippen molar-refractivity contribution in [2.75, 3.05) is 0 Å². The second-order valence-electron chi connectivity index (χ2n) is 9.31. The minimum absolute atomic E-state index is 0.0250. The van der Waals surface area contributed by atoms with E-state index in [4.69, 9.17) is 4.74 Å². The second kappa shape index (κ2) is 7.58. The van der Waals surface area contributed by atoms with Crippen LogP contribution in [0.15, 0.2) is 112 Å². The summed E-state index contributed by atoms with van der Waals surface area (Å²) in [5.74, 6) is 1.20. The summed E-state index contributed by atoms with van der Waals surface area (Å²) in [5.41, 5.74) is 6.18. The van der Waals surface area contributed by atoms with Gasteiger partial charge in [0.15, 0.2) is 0 Å². The third-order valence-corrected chi connectivity index (χ3v) is 10.7. The Kier molecular flexibility index (Phi) is 4.36. The van der Waals surface area contributed by atoms with Gasteiger partial charge < -0.3 is 0 Å². The Morgan fingerprint density at radius 1 is 0.730 bits per heavy atom. The standard InChI is InChI=1S/C30H18BF2IN2O/c32-34(33,35-19-10-2-1-3-11-19)23-18-27-29-30-28(23)20-12-4-7-15-24(20)36(30)25-16-8-5-13-21(25)31(29)22-14-6-9-17-26(22)37-27/h1-18H. The van der Waals surface area contributed by atoms with Crippen molar-refractivity contribution in [1.29, 1.82) is 0 Å². The van der Waals surface area contributed by atoms with Gasteiger partial charge in [0, 0.05) is 0 Å². The van der Waals surface area contributed by atoms with Gasteiger partial charge in [-0.05, 0) is 0 Å². The van der Waals surface area contributed by atoms with Gasteiger partial charge in [-0.25, -0.2) is 0 Å². The van der Waals surface area contributed by atoms with Crippen LogP contribution in [0.2, 0.25) is 0 Å². The summed E-state index contributed by atoms with van der Waals surface area (Å²) >= 11 is -5.84. The Morgan fingerprint density at radius 2 is 1.43 bits per heavy atom. The summed E-state index contributed by atoms with van der Waals surface area (Å²) in [4.78, 5) is 0. The molecule has 178 valence electrons. The summed E-state index contributed by atoms with van der Waals surface area (Å²) in [5, 5.41) is 1.41. The van der Waals surface area contributed by atoms with E-state index in [0.717, 1.165) is 38.5 Å². The van der Waals surface area contributed by atoms with Crippen LogP contribution >= 0.6 is 19.4 Å². The molecule has 0 N–H and O–H groups in total. The molecule has 2 aliphatic rings. The third-order valence-electron chi connectivity index (χ3n) is 7.32. The van der Waals surface area contributed by atoms with Crippen LogP contribution in [0.5, 0.6) is 11.5 Å². The van der Waals surface area contributed by atoms with E-state index >= 15 is 5.72 Å². The topological polar surface area (TPSA) is 26.5 Å². The van der Waals surface area contributed by atoms with E-state index in [-0.39, 0.29) is 10.3 Å². The molecule has 1 aromatic heterocycles. The number of ether oxygens (including phenoxy) is 1. The van der Waals surface area contributed by atoms with Crippen molar-refractivity contribution in [3.63, 3.8) is 0 Å². The number of hydrogen-bond donors (Lipinski definition) is 0. The average Bonchev–Trinajstić information content (AvgIpc) is 3.27. The van der Waals surface area contributed by atoms with Crippen LogP contribution in [0.3, 0.4) is 0 Å². The zero-order valence-corrected chi connectivity index (χ0v) is 21.6. The monoisotopic (exact) mass is 598 g/mol. The maximum absolute atomic E-state index is 16.3. The van der Waals surface area contributed by atoms with Gasteiger partial charge in [0.05, 0.1) is 0 Å². The van der Waals surface area contributed by atoms with Crippen LogP contribution in [-0.2, 0) is 0 Å². The molecule has 3 nitrogen and oxygen atoms in total. The van der Waals surface area contributed by atoms with E-state index in [1.54, 1.807) is 30.3 Å². The molecule has 6 aromatic rings. The summed E-state index contributed by atoms with van der Waals surface area (Å²) in [7, 11) is 0. The molecule has 0 amide bonds. The fourth-order valence-electron chi connectivity index (χ4n) is 5.91. The SMILES string of the molecule is FI(F)(=Nc1ccccc1)c1cc2c3c4c1c1ccccc1n4-c1ccccc1B3c1ccccc1O2. The zero-order chi connectivity index (χ0) is 24.7. The molecule has 0 aliphatic carbocycles. The van der Waals surface area contributed by atoms with Crippen molar-refractivity contribution in [1.82, 2.24) is 4.57 Å². The van der Waals surface area contributed by atoms with Gasteiger partial charge in [-0.2, -0.15) is 0 Å². The molecule has 0 atom stereocenters. The number of nitrogens with zero attached hydrogens (tertiary/aromatic N) is 2. The quantitative estimate of drug-likeness (QED) is 0.153. The number of halogens is 3. The van der Waals surface area contributed by atoms with E-state index < -0.39 is 19.4 Å². The first kappa shape index (κ1) is 21.3. The Hall–Kier alpha value is -3.85. The van der Waals surface area contributed by atoms with Crippen molar-refractivity contribution >= 4 is 70.0 Å². The molecule has 8 rings (SSSR count). The number of rotatable bonds is 2. The molecular weight excluding hydrogens is 580 g/mol. The molecule has 5 aromatic carbocycles. The zero-order valence-electron chi connectivity index (χ0n) is 19.4. The van der Waals surface area contributed by atoms with Gasteiger partial charge in [-0.15, -0.1) is 0 Å². The molecular formula is C30H18BF2IN2O. The van der Waals surface area contributed by atoms with E-state index in [1.165, 1.54) is 0 Å². The predicted octanol–water partition coefficient (Wildman–Crippen LogP) is 7.22. The molecule has 0 saturated heterocycles. The molecule has 3 heterocycles. The van der Waals surface area contributed by atoms with Crippen molar-refractivity contribution < 1.29 is 10.5 Å². The van der Waals surface area contributed by atoms with Crippen molar-refractivity contribution in [2.45, 2.75) is 0 Å². The Morgan fingerprint density at radius 3 is 2.30 bits per heavy atom. The van der Waals surface area contributed by atoms with Crippen molar-refractivity contribution in [3.8, 4) is 17.2 Å². The molecule has 2 aliphatic heterocycles. The predicted molar refractivity (Wildman–Crippen MR) is 155 cm³/mol. The number of hydrogen-bond acceptors (Lipinski definition) is 2. The third kappa shape index (κ3) is 2.91. The summed E-state index contributed by atoms with van der Waals surface area (Å²) in [6, 6.07) is 34.2. The van der Waals surface area contributed by atoms with Crippen molar-refractivity contribution in [3.05, 3.63) is 113 Å². The first-order valence-electron chi connectivity index (χ1n) is 12.0. The molecule has 7 heteroatoms. The van der Waals surface area contributed by atoms with Gasteiger partial charge in [-0.1, -0.05) is 0 Å². The molecule has 37 heavy (non-hydrogen) atoms. The first-order chi connectivity index (χ1) is 18.1. The molecule has 0 unspecified atom stereocenters.